The molecule has 0 saturated heterocycles. The van der Waals surface area contributed by atoms with Crippen molar-refractivity contribution in [1.82, 2.24) is 25.1 Å². The lowest BCUT2D eigenvalue weighted by Gasteiger charge is -2.14. The Morgan fingerprint density at radius 2 is 1.79 bits per heavy atom. The monoisotopic (exact) mass is 484 g/mol. The van der Waals surface area contributed by atoms with Crippen molar-refractivity contribution in [3.05, 3.63) is 47.8 Å². The second kappa shape index (κ2) is 9.38. The SMILES string of the molecule is COc1cc(C(=O)NC(=S)Nc2cccc(-c3nn4c(C)nnc4s3)c2)cc(OC)c1OC. The Balaban J connectivity index is 1.49. The Bertz CT molecular complexity index is 1320. The molecule has 2 heterocycles. The molecule has 0 saturated carbocycles. The van der Waals surface area contributed by atoms with Gasteiger partial charge in [-0.05, 0) is 43.4 Å². The Morgan fingerprint density at radius 3 is 2.42 bits per heavy atom. The highest BCUT2D eigenvalue weighted by Crippen LogP contribution is 2.38. The fourth-order valence-corrected chi connectivity index (χ4v) is 4.20. The summed E-state index contributed by atoms with van der Waals surface area (Å²) in [5.74, 6) is 1.43. The molecule has 170 valence electrons. The van der Waals surface area contributed by atoms with Gasteiger partial charge in [0.1, 0.15) is 5.01 Å². The lowest BCUT2D eigenvalue weighted by atomic mass is 10.1. The summed E-state index contributed by atoms with van der Waals surface area (Å²) in [4.78, 5) is 13.5. The Kier molecular flexibility index (Phi) is 6.38. The molecule has 12 heteroatoms. The third kappa shape index (κ3) is 4.56. The van der Waals surface area contributed by atoms with Gasteiger partial charge in [-0.2, -0.15) is 9.61 Å². The number of nitrogens with zero attached hydrogens (tertiary/aromatic N) is 4. The number of methoxy groups -OCH3 is 3. The minimum Gasteiger partial charge on any atom is -0.493 e. The highest BCUT2D eigenvalue weighted by molar-refractivity contribution is 7.80. The first-order valence-corrected chi connectivity index (χ1v) is 10.9. The molecule has 2 N–H and O–H groups in total. The van der Waals surface area contributed by atoms with Crippen LogP contribution in [-0.4, -0.2) is 52.2 Å². The molecule has 0 unspecified atom stereocenters. The van der Waals surface area contributed by atoms with Crippen LogP contribution in [0.25, 0.3) is 15.5 Å². The predicted molar refractivity (Wildman–Crippen MR) is 129 cm³/mol. The Hall–Kier alpha value is -3.77. The second-order valence-electron chi connectivity index (χ2n) is 6.75. The summed E-state index contributed by atoms with van der Waals surface area (Å²) in [6.45, 7) is 1.84. The molecule has 0 atom stereocenters. The summed E-state index contributed by atoms with van der Waals surface area (Å²) >= 11 is 6.76. The summed E-state index contributed by atoms with van der Waals surface area (Å²) < 4.78 is 17.6. The molecule has 0 fully saturated rings. The van der Waals surface area contributed by atoms with Crippen molar-refractivity contribution in [2.24, 2.45) is 0 Å². The fraction of sp³-hybridized carbons (Fsp3) is 0.190. The van der Waals surface area contributed by atoms with E-state index in [1.807, 2.05) is 31.2 Å². The number of thiocarbonyl (C=S) groups is 1. The van der Waals surface area contributed by atoms with Crippen LogP contribution in [0.2, 0.25) is 0 Å². The summed E-state index contributed by atoms with van der Waals surface area (Å²) in [5, 5.41) is 19.3. The molecule has 2 aromatic heterocycles. The minimum atomic E-state index is -0.424. The van der Waals surface area contributed by atoms with Gasteiger partial charge in [0.15, 0.2) is 22.4 Å². The molecule has 4 rings (SSSR count). The van der Waals surface area contributed by atoms with Gasteiger partial charge in [0.25, 0.3) is 5.91 Å². The summed E-state index contributed by atoms with van der Waals surface area (Å²) in [6.07, 6.45) is 0. The van der Waals surface area contributed by atoms with Gasteiger partial charge >= 0.3 is 0 Å². The Morgan fingerprint density at radius 1 is 1.06 bits per heavy atom. The lowest BCUT2D eigenvalue weighted by molar-refractivity contribution is 0.0977. The van der Waals surface area contributed by atoms with Crippen molar-refractivity contribution in [2.45, 2.75) is 6.92 Å². The number of amides is 1. The maximum Gasteiger partial charge on any atom is 0.257 e. The molecule has 0 aliphatic heterocycles. The molecule has 0 aliphatic carbocycles. The normalized spacial score (nSPS) is 10.7. The van der Waals surface area contributed by atoms with Crippen LogP contribution < -0.4 is 24.8 Å². The van der Waals surface area contributed by atoms with E-state index in [0.29, 0.717) is 33.5 Å². The zero-order chi connectivity index (χ0) is 23.5. The van der Waals surface area contributed by atoms with Crippen LogP contribution >= 0.6 is 23.6 Å². The first kappa shape index (κ1) is 22.4. The van der Waals surface area contributed by atoms with E-state index in [4.69, 9.17) is 26.4 Å². The first-order chi connectivity index (χ1) is 15.9. The van der Waals surface area contributed by atoms with Gasteiger partial charge in [-0.3, -0.25) is 10.1 Å². The average Bonchev–Trinajstić information content (AvgIpc) is 3.40. The summed E-state index contributed by atoms with van der Waals surface area (Å²) in [6, 6.07) is 10.6. The number of hydrogen-bond donors (Lipinski definition) is 2. The molecule has 0 aliphatic rings. The highest BCUT2D eigenvalue weighted by Gasteiger charge is 2.18. The molecule has 1 amide bonds. The molecule has 10 nitrogen and oxygen atoms in total. The highest BCUT2D eigenvalue weighted by atomic mass is 32.1. The van der Waals surface area contributed by atoms with Gasteiger partial charge in [-0.1, -0.05) is 23.5 Å². The third-order valence-electron chi connectivity index (χ3n) is 4.67. The van der Waals surface area contributed by atoms with Crippen LogP contribution in [0.4, 0.5) is 5.69 Å². The third-order valence-corrected chi connectivity index (χ3v) is 5.82. The fourth-order valence-electron chi connectivity index (χ4n) is 3.11. The first-order valence-electron chi connectivity index (χ1n) is 9.65. The van der Waals surface area contributed by atoms with Crippen molar-refractivity contribution in [1.29, 1.82) is 0 Å². The number of carbonyl (C=O) groups is 1. The number of fused-ring (bicyclic) bond motifs is 1. The number of ether oxygens (including phenoxy) is 3. The summed E-state index contributed by atoms with van der Waals surface area (Å²) in [7, 11) is 4.46. The second-order valence-corrected chi connectivity index (χ2v) is 8.12. The van der Waals surface area contributed by atoms with Crippen LogP contribution in [0.5, 0.6) is 17.2 Å². The van der Waals surface area contributed by atoms with E-state index < -0.39 is 5.91 Å². The van der Waals surface area contributed by atoms with E-state index in [9.17, 15) is 4.79 Å². The van der Waals surface area contributed by atoms with Crippen LogP contribution in [0.1, 0.15) is 16.2 Å². The van der Waals surface area contributed by atoms with E-state index in [1.165, 1.54) is 32.7 Å². The van der Waals surface area contributed by atoms with Crippen molar-refractivity contribution in [3.8, 4) is 27.8 Å². The standard InChI is InChI=1S/C21H20N6O4S2/c1-11-24-25-21-27(11)26-19(33-21)12-6-5-7-14(8-12)22-20(32)23-18(28)13-9-15(29-2)17(31-4)16(10-13)30-3/h5-10H,1-4H3,(H2,22,23,28,32). The van der Waals surface area contributed by atoms with Gasteiger partial charge in [0.05, 0.1) is 21.3 Å². The Labute approximate surface area is 198 Å². The molecule has 2 aromatic carbocycles. The number of carbonyl (C=O) groups excluding carboxylic acids is 1. The number of anilines is 1. The largest absolute Gasteiger partial charge is 0.493 e. The van der Waals surface area contributed by atoms with Gasteiger partial charge in [-0.25, -0.2) is 0 Å². The van der Waals surface area contributed by atoms with E-state index in [-0.39, 0.29) is 5.11 Å². The van der Waals surface area contributed by atoms with Gasteiger partial charge < -0.3 is 19.5 Å². The number of aromatic nitrogens is 4. The number of hydrogen-bond acceptors (Lipinski definition) is 9. The average molecular weight is 485 g/mol. The van der Waals surface area contributed by atoms with E-state index in [2.05, 4.69) is 25.9 Å². The molecule has 0 spiro atoms. The maximum absolute atomic E-state index is 12.8. The zero-order valence-corrected chi connectivity index (χ0v) is 19.8. The smallest absolute Gasteiger partial charge is 0.257 e. The van der Waals surface area contributed by atoms with E-state index in [0.717, 1.165) is 16.4 Å². The number of rotatable bonds is 6. The van der Waals surface area contributed by atoms with Crippen molar-refractivity contribution in [2.75, 3.05) is 26.6 Å². The topological polar surface area (TPSA) is 112 Å². The zero-order valence-electron chi connectivity index (χ0n) is 18.2. The predicted octanol–water partition coefficient (Wildman–Crippen LogP) is 3.31. The number of nitrogens with one attached hydrogen (secondary N) is 2. The minimum absolute atomic E-state index is 0.139. The van der Waals surface area contributed by atoms with Crippen LogP contribution in [0.15, 0.2) is 36.4 Å². The quantitative estimate of drug-likeness (QED) is 0.398. The van der Waals surface area contributed by atoms with Crippen molar-refractivity contribution in [3.63, 3.8) is 0 Å². The number of benzene rings is 2. The molecule has 0 bridgehead atoms. The van der Waals surface area contributed by atoms with Crippen LogP contribution in [0, 0.1) is 6.92 Å². The van der Waals surface area contributed by atoms with Crippen molar-refractivity contribution >= 4 is 45.2 Å². The van der Waals surface area contributed by atoms with Crippen molar-refractivity contribution < 1.29 is 19.0 Å². The molecular weight excluding hydrogens is 464 g/mol. The maximum atomic E-state index is 12.8. The van der Waals surface area contributed by atoms with Gasteiger partial charge in [0.2, 0.25) is 10.7 Å². The summed E-state index contributed by atoms with van der Waals surface area (Å²) in [5.41, 5.74) is 1.89. The number of aryl methyl sites for hydroxylation is 1. The molecular formula is C21H20N6O4S2. The molecule has 0 radical (unpaired) electrons. The van der Waals surface area contributed by atoms with E-state index in [1.54, 1.807) is 16.6 Å². The van der Waals surface area contributed by atoms with Gasteiger partial charge in [0, 0.05) is 16.8 Å². The lowest BCUT2D eigenvalue weighted by Crippen LogP contribution is -2.34. The van der Waals surface area contributed by atoms with Gasteiger partial charge in [-0.15, -0.1) is 10.2 Å². The van der Waals surface area contributed by atoms with E-state index >= 15 is 0 Å². The van der Waals surface area contributed by atoms with Crippen LogP contribution in [-0.2, 0) is 0 Å². The van der Waals surface area contributed by atoms with Crippen LogP contribution in [0.3, 0.4) is 0 Å². The molecule has 4 aromatic rings. The molecule has 33 heavy (non-hydrogen) atoms.